The number of aromatic nitrogens is 2. The monoisotopic (exact) mass is 284 g/mol. The number of rotatable bonds is 7. The van der Waals surface area contributed by atoms with E-state index < -0.39 is 16.8 Å². The van der Waals surface area contributed by atoms with Crippen molar-refractivity contribution < 1.29 is 19.6 Å². The maximum Gasteiger partial charge on any atom is 0.381 e. The molecule has 0 saturated heterocycles. The van der Waals surface area contributed by atoms with E-state index in [4.69, 9.17) is 5.11 Å². The minimum absolute atomic E-state index is 0.167. The Morgan fingerprint density at radius 3 is 2.65 bits per heavy atom. The molecule has 9 heteroatoms. The molecule has 0 aliphatic rings. The molecule has 0 aliphatic carbocycles. The molecule has 0 saturated carbocycles. The molecule has 0 aromatic carbocycles. The van der Waals surface area contributed by atoms with Gasteiger partial charge in [0.25, 0.3) is 0 Å². The van der Waals surface area contributed by atoms with Crippen LogP contribution in [0.4, 0.5) is 5.82 Å². The Balaban J connectivity index is 2.81. The molecule has 0 aliphatic heterocycles. The number of hydrogen-bond donors (Lipinski definition) is 1. The van der Waals surface area contributed by atoms with Gasteiger partial charge in [0, 0.05) is 13.5 Å². The van der Waals surface area contributed by atoms with E-state index in [9.17, 15) is 19.7 Å². The summed E-state index contributed by atoms with van der Waals surface area (Å²) >= 11 is 0. The Morgan fingerprint density at radius 2 is 2.20 bits per heavy atom. The van der Waals surface area contributed by atoms with Crippen LogP contribution < -0.4 is 0 Å². The third kappa shape index (κ3) is 4.04. The smallest absolute Gasteiger partial charge is 0.381 e. The van der Waals surface area contributed by atoms with Gasteiger partial charge < -0.3 is 20.1 Å². The van der Waals surface area contributed by atoms with Crippen molar-refractivity contribution in [3.63, 3.8) is 0 Å². The molecule has 110 valence electrons. The van der Waals surface area contributed by atoms with Crippen molar-refractivity contribution in [3.8, 4) is 0 Å². The first kappa shape index (κ1) is 15.6. The molecular weight excluding hydrogens is 268 g/mol. The van der Waals surface area contributed by atoms with E-state index >= 15 is 0 Å². The number of aliphatic carboxylic acids is 1. The molecule has 1 rings (SSSR count). The second-order valence-electron chi connectivity index (χ2n) is 4.24. The lowest BCUT2D eigenvalue weighted by molar-refractivity contribution is -0.389. The number of hydrogen-bond acceptors (Lipinski definition) is 5. The Kier molecular flexibility index (Phi) is 5.18. The Morgan fingerprint density at radius 1 is 1.55 bits per heavy atom. The topological polar surface area (TPSA) is 119 Å². The van der Waals surface area contributed by atoms with Crippen LogP contribution in [0.1, 0.15) is 19.2 Å². The van der Waals surface area contributed by atoms with Gasteiger partial charge >= 0.3 is 11.8 Å². The van der Waals surface area contributed by atoms with E-state index in [-0.39, 0.29) is 18.9 Å². The van der Waals surface area contributed by atoms with Crippen molar-refractivity contribution in [3.05, 3.63) is 22.1 Å². The minimum Gasteiger partial charge on any atom is -0.480 e. The Labute approximate surface area is 115 Å². The predicted octanol–water partition coefficient (Wildman–Crippen LogP) is 0.423. The van der Waals surface area contributed by atoms with Crippen LogP contribution in [-0.4, -0.2) is 49.4 Å². The number of carboxylic acid groups (broad SMARTS) is 1. The summed E-state index contributed by atoms with van der Waals surface area (Å²) in [7, 11) is 0. The third-order valence-electron chi connectivity index (χ3n) is 2.63. The maximum absolute atomic E-state index is 12.0. The number of amides is 1. The highest BCUT2D eigenvalue weighted by atomic mass is 16.6. The summed E-state index contributed by atoms with van der Waals surface area (Å²) in [5.74, 6) is -1.52. The summed E-state index contributed by atoms with van der Waals surface area (Å²) in [6, 6.07) is 0. The molecule has 0 radical (unpaired) electrons. The highest BCUT2D eigenvalue weighted by Gasteiger charge is 2.20. The first-order valence-electron chi connectivity index (χ1n) is 6.02. The third-order valence-corrected chi connectivity index (χ3v) is 2.63. The van der Waals surface area contributed by atoms with E-state index in [1.54, 1.807) is 6.92 Å². The number of carbonyl (C=O) groups is 2. The van der Waals surface area contributed by atoms with Gasteiger partial charge in [0.05, 0.1) is 0 Å². The molecule has 0 spiro atoms. The van der Waals surface area contributed by atoms with Crippen LogP contribution >= 0.6 is 0 Å². The molecule has 0 bridgehead atoms. The van der Waals surface area contributed by atoms with Crippen molar-refractivity contribution in [2.45, 2.75) is 26.8 Å². The lowest BCUT2D eigenvalue weighted by Crippen LogP contribution is -2.38. The largest absolute Gasteiger partial charge is 0.480 e. The SMILES string of the molecule is CCCN(CC(=O)O)C(=O)Cn1cc([N+](=O)[O-])nc1C. The quantitative estimate of drug-likeness (QED) is 0.572. The fourth-order valence-electron chi connectivity index (χ4n) is 1.71. The summed E-state index contributed by atoms with van der Waals surface area (Å²) in [4.78, 5) is 37.6. The summed E-state index contributed by atoms with van der Waals surface area (Å²) in [6.07, 6.45) is 1.79. The normalized spacial score (nSPS) is 10.3. The standard InChI is InChI=1S/C11H16N4O5/c1-3-4-13(7-11(17)18)10(16)6-14-5-9(15(19)20)12-8(14)2/h5H,3-4,6-7H2,1-2H3,(H,17,18). The Hall–Kier alpha value is -2.45. The van der Waals surface area contributed by atoms with Gasteiger partial charge in [0.1, 0.15) is 19.3 Å². The number of carbonyl (C=O) groups excluding carboxylic acids is 1. The van der Waals surface area contributed by atoms with E-state index in [1.807, 2.05) is 6.92 Å². The molecule has 20 heavy (non-hydrogen) atoms. The predicted molar refractivity (Wildman–Crippen MR) is 68.1 cm³/mol. The maximum atomic E-state index is 12.0. The van der Waals surface area contributed by atoms with Gasteiger partial charge in [-0.2, -0.15) is 0 Å². The van der Waals surface area contributed by atoms with Gasteiger partial charge in [-0.15, -0.1) is 0 Å². The molecule has 1 N–H and O–H groups in total. The first-order chi connectivity index (χ1) is 9.35. The highest BCUT2D eigenvalue weighted by Crippen LogP contribution is 2.10. The fourth-order valence-corrected chi connectivity index (χ4v) is 1.71. The fraction of sp³-hybridized carbons (Fsp3) is 0.545. The molecule has 1 heterocycles. The zero-order valence-corrected chi connectivity index (χ0v) is 11.3. The number of nitro groups is 1. The molecule has 1 aromatic heterocycles. The van der Waals surface area contributed by atoms with Crippen molar-refractivity contribution in [1.29, 1.82) is 0 Å². The molecule has 9 nitrogen and oxygen atoms in total. The van der Waals surface area contributed by atoms with Crippen LogP contribution in [0.5, 0.6) is 0 Å². The lowest BCUT2D eigenvalue weighted by Gasteiger charge is -2.20. The van der Waals surface area contributed by atoms with Gasteiger partial charge in [-0.25, -0.2) is 0 Å². The summed E-state index contributed by atoms with van der Waals surface area (Å²) in [5, 5.41) is 19.3. The van der Waals surface area contributed by atoms with Crippen molar-refractivity contribution in [1.82, 2.24) is 14.5 Å². The van der Waals surface area contributed by atoms with Gasteiger partial charge in [0.2, 0.25) is 11.7 Å². The summed E-state index contributed by atoms with van der Waals surface area (Å²) in [5.41, 5.74) is 0. The molecule has 1 amide bonds. The van der Waals surface area contributed by atoms with Gasteiger partial charge in [0.15, 0.2) is 0 Å². The molecule has 0 unspecified atom stereocenters. The minimum atomic E-state index is -1.10. The first-order valence-corrected chi connectivity index (χ1v) is 6.02. The number of nitrogens with zero attached hydrogens (tertiary/aromatic N) is 4. The zero-order valence-electron chi connectivity index (χ0n) is 11.3. The van der Waals surface area contributed by atoms with E-state index in [2.05, 4.69) is 4.98 Å². The van der Waals surface area contributed by atoms with Crippen LogP contribution in [0.3, 0.4) is 0 Å². The van der Waals surface area contributed by atoms with Crippen LogP contribution in [0.2, 0.25) is 0 Å². The number of aryl methyl sites for hydroxylation is 1. The number of imidazole rings is 1. The van der Waals surface area contributed by atoms with E-state index in [0.717, 1.165) is 6.20 Å². The second kappa shape index (κ2) is 6.64. The number of carboxylic acids is 1. The van der Waals surface area contributed by atoms with Gasteiger partial charge in [-0.3, -0.25) is 14.2 Å². The van der Waals surface area contributed by atoms with Crippen molar-refractivity contribution in [2.24, 2.45) is 0 Å². The summed E-state index contributed by atoms with van der Waals surface area (Å²) in [6.45, 7) is 3.14. The molecule has 0 atom stereocenters. The van der Waals surface area contributed by atoms with Gasteiger partial charge in [-0.1, -0.05) is 6.92 Å². The molecule has 0 fully saturated rings. The Bertz CT molecular complexity index is 525. The lowest BCUT2D eigenvalue weighted by atomic mass is 10.3. The molecule has 1 aromatic rings. The average Bonchev–Trinajstić information content (AvgIpc) is 2.70. The average molecular weight is 284 g/mol. The van der Waals surface area contributed by atoms with E-state index in [1.165, 1.54) is 9.47 Å². The van der Waals surface area contributed by atoms with Crippen molar-refractivity contribution >= 4 is 17.7 Å². The summed E-state index contributed by atoms with van der Waals surface area (Å²) < 4.78 is 1.34. The van der Waals surface area contributed by atoms with Crippen LogP contribution in [0.15, 0.2) is 6.20 Å². The van der Waals surface area contributed by atoms with Crippen LogP contribution in [-0.2, 0) is 16.1 Å². The van der Waals surface area contributed by atoms with Crippen molar-refractivity contribution in [2.75, 3.05) is 13.1 Å². The zero-order chi connectivity index (χ0) is 15.3. The van der Waals surface area contributed by atoms with Gasteiger partial charge in [-0.05, 0) is 16.3 Å². The highest BCUT2D eigenvalue weighted by molar-refractivity contribution is 5.81. The van der Waals surface area contributed by atoms with E-state index in [0.29, 0.717) is 18.8 Å². The second-order valence-corrected chi connectivity index (χ2v) is 4.24. The van der Waals surface area contributed by atoms with Crippen LogP contribution in [0, 0.1) is 17.0 Å². The van der Waals surface area contributed by atoms with Crippen LogP contribution in [0.25, 0.3) is 0 Å². The molecular formula is C11H16N4O5.